The second-order valence-corrected chi connectivity index (χ2v) is 4.13. The maximum absolute atomic E-state index is 10.8. The van der Waals surface area contributed by atoms with Crippen LogP contribution in [0.25, 0.3) is 0 Å². The van der Waals surface area contributed by atoms with Crippen molar-refractivity contribution in [3.8, 4) is 6.07 Å². The Labute approximate surface area is 77.7 Å². The Bertz CT molecular complexity index is 309. The number of allylic oxidation sites excluding steroid dienone is 2. The summed E-state index contributed by atoms with van der Waals surface area (Å²) in [5.41, 5.74) is 0.684. The van der Waals surface area contributed by atoms with Crippen molar-refractivity contribution in [1.82, 2.24) is 0 Å². The molecule has 1 saturated carbocycles. The maximum Gasteiger partial charge on any atom is 0.307 e. The first kappa shape index (κ1) is 9.79. The van der Waals surface area contributed by atoms with Crippen LogP contribution in [0.4, 0.5) is 0 Å². The van der Waals surface area contributed by atoms with Crippen LogP contribution in [0.5, 0.6) is 0 Å². The Morgan fingerprint density at radius 2 is 2.08 bits per heavy atom. The van der Waals surface area contributed by atoms with Crippen molar-refractivity contribution < 1.29 is 9.90 Å². The molecule has 1 rings (SSSR count). The van der Waals surface area contributed by atoms with Gasteiger partial charge in [-0.3, -0.25) is 4.79 Å². The van der Waals surface area contributed by atoms with E-state index in [9.17, 15) is 4.79 Å². The summed E-state index contributed by atoms with van der Waals surface area (Å²) in [6, 6.07) is 1.93. The second-order valence-electron chi connectivity index (χ2n) is 4.13. The zero-order valence-corrected chi connectivity index (χ0v) is 8.03. The summed E-state index contributed by atoms with van der Waals surface area (Å²) < 4.78 is 0. The van der Waals surface area contributed by atoms with Gasteiger partial charge < -0.3 is 5.11 Å². The molecule has 0 aromatic heterocycles. The molecule has 1 aliphatic carbocycles. The number of carboxylic acids is 1. The van der Waals surface area contributed by atoms with Crippen LogP contribution in [-0.4, -0.2) is 11.1 Å². The van der Waals surface area contributed by atoms with Crippen molar-refractivity contribution >= 4 is 5.97 Å². The van der Waals surface area contributed by atoms with E-state index in [1.54, 1.807) is 0 Å². The molecule has 0 heterocycles. The SMILES string of the molecule is C/C(=C\C#N)C1C(C(=O)O)C1(C)C. The molecule has 0 amide bonds. The highest BCUT2D eigenvalue weighted by Gasteiger charge is 2.62. The van der Waals surface area contributed by atoms with Crippen molar-refractivity contribution in [2.75, 3.05) is 0 Å². The molecule has 13 heavy (non-hydrogen) atoms. The van der Waals surface area contributed by atoms with Crippen LogP contribution >= 0.6 is 0 Å². The number of nitriles is 1. The topological polar surface area (TPSA) is 61.1 Å². The third-order valence-electron chi connectivity index (χ3n) is 2.88. The van der Waals surface area contributed by atoms with Gasteiger partial charge in [0.2, 0.25) is 0 Å². The van der Waals surface area contributed by atoms with E-state index in [1.807, 2.05) is 26.8 Å². The summed E-state index contributed by atoms with van der Waals surface area (Å²) in [6.45, 7) is 5.66. The molecule has 0 aromatic rings. The molecular weight excluding hydrogens is 166 g/mol. The average molecular weight is 179 g/mol. The first-order chi connectivity index (χ1) is 5.92. The normalized spacial score (nSPS) is 30.8. The van der Waals surface area contributed by atoms with Gasteiger partial charge in [0.15, 0.2) is 0 Å². The Hall–Kier alpha value is -1.30. The molecule has 0 bridgehead atoms. The fourth-order valence-electron chi connectivity index (χ4n) is 2.14. The molecule has 0 aliphatic heterocycles. The van der Waals surface area contributed by atoms with Gasteiger partial charge in [-0.25, -0.2) is 0 Å². The highest BCUT2D eigenvalue weighted by Crippen LogP contribution is 2.61. The molecule has 1 fully saturated rings. The summed E-state index contributed by atoms with van der Waals surface area (Å²) in [4.78, 5) is 10.8. The van der Waals surface area contributed by atoms with Gasteiger partial charge in [0, 0.05) is 12.0 Å². The minimum Gasteiger partial charge on any atom is -0.481 e. The van der Waals surface area contributed by atoms with E-state index < -0.39 is 5.97 Å². The van der Waals surface area contributed by atoms with Gasteiger partial charge in [0.05, 0.1) is 12.0 Å². The fourth-order valence-corrected chi connectivity index (χ4v) is 2.14. The van der Waals surface area contributed by atoms with Crippen molar-refractivity contribution in [3.63, 3.8) is 0 Å². The second kappa shape index (κ2) is 2.88. The molecule has 0 spiro atoms. The van der Waals surface area contributed by atoms with Crippen molar-refractivity contribution in [3.05, 3.63) is 11.6 Å². The Balaban J connectivity index is 2.83. The minimum atomic E-state index is -0.763. The predicted molar refractivity (Wildman–Crippen MR) is 47.8 cm³/mol. The fraction of sp³-hybridized carbons (Fsp3) is 0.600. The molecule has 0 aromatic carbocycles. The van der Waals surface area contributed by atoms with Gasteiger partial charge in [-0.2, -0.15) is 5.26 Å². The van der Waals surface area contributed by atoms with E-state index in [0.717, 1.165) is 5.57 Å². The van der Waals surface area contributed by atoms with Crippen LogP contribution in [0.15, 0.2) is 11.6 Å². The Morgan fingerprint density at radius 3 is 2.38 bits per heavy atom. The Morgan fingerprint density at radius 1 is 1.54 bits per heavy atom. The summed E-state index contributed by atoms with van der Waals surface area (Å²) in [7, 11) is 0. The average Bonchev–Trinajstić information content (AvgIpc) is 2.54. The van der Waals surface area contributed by atoms with Gasteiger partial charge >= 0.3 is 5.97 Å². The third kappa shape index (κ3) is 1.44. The predicted octanol–water partition coefficient (Wildman–Crippen LogP) is 1.81. The number of carbonyl (C=O) groups is 1. The number of carboxylic acid groups (broad SMARTS) is 1. The molecule has 2 unspecified atom stereocenters. The number of hydrogen-bond donors (Lipinski definition) is 1. The lowest BCUT2D eigenvalue weighted by molar-refractivity contribution is -0.139. The highest BCUT2D eigenvalue weighted by molar-refractivity contribution is 5.76. The lowest BCUT2D eigenvalue weighted by Crippen LogP contribution is -2.03. The molecular formula is C10H13NO2. The number of nitrogens with zero attached hydrogens (tertiary/aromatic N) is 1. The summed E-state index contributed by atoms with van der Waals surface area (Å²) in [5.74, 6) is -1.05. The minimum absolute atomic E-state index is 0.0321. The van der Waals surface area contributed by atoms with E-state index in [1.165, 1.54) is 6.08 Å². The molecule has 2 atom stereocenters. The summed E-state index contributed by atoms with van der Waals surface area (Å²) in [5, 5.41) is 17.3. The van der Waals surface area contributed by atoms with E-state index in [-0.39, 0.29) is 17.3 Å². The van der Waals surface area contributed by atoms with E-state index in [2.05, 4.69) is 0 Å². The van der Waals surface area contributed by atoms with E-state index >= 15 is 0 Å². The van der Waals surface area contributed by atoms with Crippen molar-refractivity contribution in [2.24, 2.45) is 17.3 Å². The van der Waals surface area contributed by atoms with Crippen LogP contribution in [0, 0.1) is 28.6 Å². The summed E-state index contributed by atoms with van der Waals surface area (Å²) >= 11 is 0. The van der Waals surface area contributed by atoms with E-state index in [4.69, 9.17) is 10.4 Å². The first-order valence-corrected chi connectivity index (χ1v) is 4.22. The van der Waals surface area contributed by atoms with Gasteiger partial charge in [-0.05, 0) is 12.3 Å². The van der Waals surface area contributed by atoms with Gasteiger partial charge in [0.1, 0.15) is 0 Å². The zero-order chi connectivity index (χ0) is 10.2. The quantitative estimate of drug-likeness (QED) is 0.657. The van der Waals surface area contributed by atoms with Gasteiger partial charge in [-0.1, -0.05) is 19.4 Å². The third-order valence-corrected chi connectivity index (χ3v) is 2.88. The van der Waals surface area contributed by atoms with Crippen LogP contribution in [0.3, 0.4) is 0 Å². The molecule has 1 aliphatic rings. The van der Waals surface area contributed by atoms with Crippen LogP contribution in [0.2, 0.25) is 0 Å². The molecule has 3 heteroatoms. The van der Waals surface area contributed by atoms with E-state index in [0.29, 0.717) is 0 Å². The van der Waals surface area contributed by atoms with Crippen LogP contribution in [0.1, 0.15) is 20.8 Å². The standard InChI is InChI=1S/C10H13NO2/c1-6(4-5-11)7-8(9(12)13)10(7,2)3/h4,7-8H,1-3H3,(H,12,13)/b6-4+. The van der Waals surface area contributed by atoms with Crippen LogP contribution < -0.4 is 0 Å². The largest absolute Gasteiger partial charge is 0.481 e. The van der Waals surface area contributed by atoms with Gasteiger partial charge in [0.25, 0.3) is 0 Å². The molecule has 3 nitrogen and oxygen atoms in total. The number of rotatable bonds is 2. The lowest BCUT2D eigenvalue weighted by atomic mass is 10.0. The highest BCUT2D eigenvalue weighted by atomic mass is 16.4. The maximum atomic E-state index is 10.8. The number of aliphatic carboxylic acids is 1. The molecule has 0 radical (unpaired) electrons. The number of hydrogen-bond acceptors (Lipinski definition) is 2. The monoisotopic (exact) mass is 179 g/mol. The van der Waals surface area contributed by atoms with Gasteiger partial charge in [-0.15, -0.1) is 0 Å². The smallest absolute Gasteiger partial charge is 0.307 e. The lowest BCUT2D eigenvalue weighted by Gasteiger charge is -1.99. The first-order valence-electron chi connectivity index (χ1n) is 4.22. The zero-order valence-electron chi connectivity index (χ0n) is 8.03. The Kier molecular flexibility index (Phi) is 2.17. The van der Waals surface area contributed by atoms with Crippen molar-refractivity contribution in [1.29, 1.82) is 5.26 Å². The molecule has 70 valence electrons. The molecule has 0 saturated heterocycles. The van der Waals surface area contributed by atoms with Crippen molar-refractivity contribution in [2.45, 2.75) is 20.8 Å². The van der Waals surface area contributed by atoms with Crippen LogP contribution in [-0.2, 0) is 4.79 Å². The summed E-state index contributed by atoms with van der Waals surface area (Å²) in [6.07, 6.45) is 1.44. The molecule has 1 N–H and O–H groups in total.